The summed E-state index contributed by atoms with van der Waals surface area (Å²) in [5.74, 6) is -2.48. The number of hydrogen-bond donors (Lipinski definition) is 0. The Labute approximate surface area is 114 Å². The quantitative estimate of drug-likeness (QED) is 0.801. The van der Waals surface area contributed by atoms with E-state index >= 15 is 0 Å². The van der Waals surface area contributed by atoms with Crippen LogP contribution >= 0.6 is 0 Å². The van der Waals surface area contributed by atoms with Gasteiger partial charge in [-0.25, -0.2) is 8.42 Å². The predicted molar refractivity (Wildman–Crippen MR) is 65.7 cm³/mol. The lowest BCUT2D eigenvalue weighted by Crippen LogP contribution is -2.29. The minimum Gasteiger partial charge on any atom is -0.314 e. The molecule has 4 nitrogen and oxygen atoms in total. The van der Waals surface area contributed by atoms with Gasteiger partial charge >= 0.3 is 6.18 Å². The number of carbonyl (C=O) groups is 1. The number of alkyl halides is 3. The van der Waals surface area contributed by atoms with Crippen molar-refractivity contribution in [3.63, 3.8) is 0 Å². The van der Waals surface area contributed by atoms with Crippen molar-refractivity contribution in [3.8, 4) is 0 Å². The van der Waals surface area contributed by atoms with E-state index < -0.39 is 39.1 Å². The molecule has 1 aliphatic rings. The van der Waals surface area contributed by atoms with Crippen molar-refractivity contribution in [1.29, 1.82) is 0 Å². The Kier molecular flexibility index (Phi) is 3.53. The van der Waals surface area contributed by atoms with Crippen LogP contribution in [0, 0.1) is 0 Å². The first kappa shape index (κ1) is 14.8. The van der Waals surface area contributed by atoms with Gasteiger partial charge in [-0.2, -0.15) is 13.2 Å². The summed E-state index contributed by atoms with van der Waals surface area (Å²) in [5, 5.41) is -1.39. The van der Waals surface area contributed by atoms with Crippen molar-refractivity contribution in [2.75, 3.05) is 5.75 Å². The number of carbonyl (C=O) groups excluding carboxylic acids is 1. The number of nitrogens with zero attached hydrogens (tertiary/aromatic N) is 1. The molecule has 1 heterocycles. The first-order valence-corrected chi connectivity index (χ1v) is 7.51. The van der Waals surface area contributed by atoms with Gasteiger partial charge in [-0.1, -0.05) is 18.2 Å². The second-order valence-electron chi connectivity index (χ2n) is 4.63. The number of sulfone groups is 1. The van der Waals surface area contributed by atoms with Crippen LogP contribution in [-0.2, 0) is 9.84 Å². The maximum atomic E-state index is 12.2. The molecule has 1 aromatic rings. The molecule has 1 amide bonds. The van der Waals surface area contributed by atoms with E-state index in [1.54, 1.807) is 18.2 Å². The van der Waals surface area contributed by atoms with E-state index in [9.17, 15) is 26.4 Å². The van der Waals surface area contributed by atoms with Gasteiger partial charge in [0, 0.05) is 5.56 Å². The van der Waals surface area contributed by atoms with Gasteiger partial charge in [-0.3, -0.25) is 4.79 Å². The molecule has 0 bridgehead atoms. The third-order valence-electron chi connectivity index (χ3n) is 3.02. The van der Waals surface area contributed by atoms with Gasteiger partial charge in [0.2, 0.25) is 0 Å². The van der Waals surface area contributed by atoms with E-state index in [1.807, 2.05) is 0 Å². The third kappa shape index (κ3) is 2.95. The Morgan fingerprint density at radius 2 is 1.80 bits per heavy atom. The zero-order chi connectivity index (χ0) is 15.1. The Morgan fingerprint density at radius 3 is 2.30 bits per heavy atom. The molecule has 0 radical (unpaired) electrons. The summed E-state index contributed by atoms with van der Waals surface area (Å²) in [6, 6.07) is 7.11. The summed E-state index contributed by atoms with van der Waals surface area (Å²) in [7, 11) is -4.42. The highest BCUT2D eigenvalue weighted by molar-refractivity contribution is 7.92. The predicted octanol–water partition coefficient (Wildman–Crippen LogP) is 1.83. The lowest BCUT2D eigenvalue weighted by molar-refractivity contribution is -0.106. The molecule has 1 unspecified atom stereocenters. The average molecular weight is 307 g/mol. The molecule has 1 saturated heterocycles. The zero-order valence-corrected chi connectivity index (χ0v) is 11.3. The van der Waals surface area contributed by atoms with Crippen molar-refractivity contribution < 1.29 is 26.4 Å². The fraction of sp³-hybridized carbons (Fsp3) is 0.417. The Hall–Kier alpha value is -1.57. The maximum absolute atomic E-state index is 12.2. The molecule has 2 rings (SSSR count). The lowest BCUT2D eigenvalue weighted by Gasteiger charge is -2.08. The molecule has 0 spiro atoms. The summed E-state index contributed by atoms with van der Waals surface area (Å²) in [6.07, 6.45) is -4.80. The van der Waals surface area contributed by atoms with Crippen LogP contribution in [0.4, 0.5) is 13.2 Å². The van der Waals surface area contributed by atoms with Gasteiger partial charge in [0.05, 0.1) is 6.04 Å². The molecule has 0 N–H and O–H groups in total. The van der Waals surface area contributed by atoms with Crippen LogP contribution in [0.2, 0.25) is 0 Å². The molecule has 20 heavy (non-hydrogen) atoms. The van der Waals surface area contributed by atoms with Gasteiger partial charge in [0.1, 0.15) is 5.75 Å². The van der Waals surface area contributed by atoms with Crippen molar-refractivity contribution >= 4 is 15.7 Å². The molecule has 110 valence electrons. The summed E-state index contributed by atoms with van der Waals surface area (Å²) in [4.78, 5) is 13.0. The molecule has 1 fully saturated rings. The van der Waals surface area contributed by atoms with Crippen molar-refractivity contribution in [3.05, 3.63) is 35.9 Å². The highest BCUT2D eigenvalue weighted by atomic mass is 32.2. The van der Waals surface area contributed by atoms with E-state index in [0.29, 0.717) is 0 Å². The SMILES string of the molecule is CC1[C@@H](S(=O)(=O)CC(F)(F)F)N1C(=O)c1ccccc1. The standard InChI is InChI=1S/C12H12F3NO3S/c1-8-11(20(18,19)7-12(13,14)15)16(8)10(17)9-5-3-2-4-6-9/h2-6,8,11H,7H2,1H3/t8?,11-,16?/m1/s1. The number of rotatable bonds is 3. The molecule has 0 aromatic heterocycles. The summed E-state index contributed by atoms with van der Waals surface area (Å²) in [6.45, 7) is 1.42. The molecule has 8 heteroatoms. The monoisotopic (exact) mass is 307 g/mol. The normalized spacial score (nSPS) is 22.7. The van der Waals surface area contributed by atoms with Gasteiger partial charge < -0.3 is 4.90 Å². The summed E-state index contributed by atoms with van der Waals surface area (Å²) in [5.41, 5.74) is 0.254. The topological polar surface area (TPSA) is 54.2 Å². The number of hydrogen-bond acceptors (Lipinski definition) is 3. The fourth-order valence-corrected chi connectivity index (χ4v) is 4.06. The van der Waals surface area contributed by atoms with Gasteiger partial charge in [-0.05, 0) is 19.1 Å². The number of halogens is 3. The van der Waals surface area contributed by atoms with Crippen LogP contribution in [0.15, 0.2) is 30.3 Å². The van der Waals surface area contributed by atoms with E-state index in [4.69, 9.17) is 0 Å². The van der Waals surface area contributed by atoms with Crippen molar-refractivity contribution in [2.24, 2.45) is 0 Å². The van der Waals surface area contributed by atoms with Crippen LogP contribution in [0.5, 0.6) is 0 Å². The molecule has 1 aliphatic heterocycles. The maximum Gasteiger partial charge on any atom is 0.402 e. The molecular weight excluding hydrogens is 295 g/mol. The lowest BCUT2D eigenvalue weighted by atomic mass is 10.2. The average Bonchev–Trinajstić information content (AvgIpc) is 2.99. The third-order valence-corrected chi connectivity index (χ3v) is 5.11. The van der Waals surface area contributed by atoms with E-state index in [2.05, 4.69) is 0 Å². The van der Waals surface area contributed by atoms with Gasteiger partial charge in [0.25, 0.3) is 5.91 Å². The van der Waals surface area contributed by atoms with Crippen molar-refractivity contribution in [1.82, 2.24) is 4.90 Å². The fourth-order valence-electron chi connectivity index (χ4n) is 2.14. The first-order valence-electron chi connectivity index (χ1n) is 5.79. The minimum atomic E-state index is -4.80. The van der Waals surface area contributed by atoms with E-state index in [1.165, 1.54) is 19.1 Å². The second-order valence-corrected chi connectivity index (χ2v) is 6.73. The second kappa shape index (κ2) is 4.76. The van der Waals surface area contributed by atoms with Crippen LogP contribution < -0.4 is 0 Å². The minimum absolute atomic E-state index is 0.254. The van der Waals surface area contributed by atoms with Gasteiger partial charge in [-0.15, -0.1) is 0 Å². The van der Waals surface area contributed by atoms with Crippen LogP contribution in [0.1, 0.15) is 17.3 Å². The van der Waals surface area contributed by atoms with E-state index in [-0.39, 0.29) is 5.56 Å². The molecule has 2 atom stereocenters. The van der Waals surface area contributed by atoms with Crippen molar-refractivity contribution in [2.45, 2.75) is 24.5 Å². The Morgan fingerprint density at radius 1 is 1.25 bits per heavy atom. The Balaban J connectivity index is 2.17. The number of amides is 1. The smallest absolute Gasteiger partial charge is 0.314 e. The zero-order valence-electron chi connectivity index (χ0n) is 10.5. The molecule has 0 saturated carbocycles. The van der Waals surface area contributed by atoms with Gasteiger partial charge in [0.15, 0.2) is 15.2 Å². The highest BCUT2D eigenvalue weighted by Gasteiger charge is 2.58. The van der Waals surface area contributed by atoms with Crippen LogP contribution in [-0.4, -0.2) is 42.6 Å². The summed E-state index contributed by atoms with van der Waals surface area (Å²) < 4.78 is 60.0. The Bertz CT molecular complexity index is 613. The largest absolute Gasteiger partial charge is 0.402 e. The first-order chi connectivity index (χ1) is 9.13. The van der Waals surface area contributed by atoms with Crippen LogP contribution in [0.3, 0.4) is 0 Å². The molecule has 0 aliphatic carbocycles. The summed E-state index contributed by atoms with van der Waals surface area (Å²) >= 11 is 0. The molecular formula is C12H12F3NO3S. The van der Waals surface area contributed by atoms with Crippen LogP contribution in [0.25, 0.3) is 0 Å². The number of benzene rings is 1. The highest BCUT2D eigenvalue weighted by Crippen LogP contribution is 2.36. The van der Waals surface area contributed by atoms with E-state index in [0.717, 1.165) is 4.90 Å². The molecule has 1 aromatic carbocycles.